The van der Waals surface area contributed by atoms with Gasteiger partial charge in [-0.25, -0.2) is 9.18 Å². The summed E-state index contributed by atoms with van der Waals surface area (Å²) in [4.78, 5) is 37.9. The number of amides is 3. The Morgan fingerprint density at radius 3 is 2.74 bits per heavy atom. The van der Waals surface area contributed by atoms with Crippen LogP contribution >= 0.6 is 11.8 Å². The van der Waals surface area contributed by atoms with Crippen molar-refractivity contribution in [3.05, 3.63) is 35.7 Å². The molecule has 3 rings (SSSR count). The quantitative estimate of drug-likeness (QED) is 0.821. The first-order valence-corrected chi connectivity index (χ1v) is 9.83. The fourth-order valence-electron chi connectivity index (χ4n) is 3.11. The molecule has 2 aliphatic rings. The molecule has 1 atom stereocenters. The van der Waals surface area contributed by atoms with Crippen LogP contribution in [0.4, 0.5) is 14.9 Å². The maximum atomic E-state index is 14.7. The van der Waals surface area contributed by atoms with E-state index in [0.29, 0.717) is 36.5 Å². The zero-order valence-electron chi connectivity index (χ0n) is 14.8. The van der Waals surface area contributed by atoms with E-state index in [1.807, 2.05) is 12.3 Å². The number of anilines is 1. The molecule has 2 N–H and O–H groups in total. The van der Waals surface area contributed by atoms with Crippen molar-refractivity contribution in [2.24, 2.45) is 5.73 Å². The molecule has 0 spiro atoms. The topological polar surface area (TPSA) is 92.9 Å². The summed E-state index contributed by atoms with van der Waals surface area (Å²) in [6, 6.07) is 4.45. The first-order chi connectivity index (χ1) is 12.9. The number of carbonyl (C=O) groups is 3. The van der Waals surface area contributed by atoms with E-state index in [9.17, 15) is 18.8 Å². The van der Waals surface area contributed by atoms with Gasteiger partial charge in [-0.05, 0) is 36.4 Å². The average molecular weight is 393 g/mol. The van der Waals surface area contributed by atoms with Crippen LogP contribution in [0.25, 0.3) is 5.57 Å². The molecular formula is C18H20FN3O4S. The number of halogens is 1. The summed E-state index contributed by atoms with van der Waals surface area (Å²) in [5.41, 5.74) is 6.72. The molecule has 9 heteroatoms. The van der Waals surface area contributed by atoms with Gasteiger partial charge in [-0.3, -0.25) is 14.5 Å². The molecule has 0 saturated carbocycles. The van der Waals surface area contributed by atoms with Crippen LogP contribution in [0.5, 0.6) is 0 Å². The Kier molecular flexibility index (Phi) is 5.69. The fraction of sp³-hybridized carbons (Fsp3) is 0.389. The Labute approximate surface area is 160 Å². The number of thioether (sulfide) groups is 1. The van der Waals surface area contributed by atoms with Crippen molar-refractivity contribution in [2.45, 2.75) is 12.5 Å². The lowest BCUT2D eigenvalue weighted by atomic mass is 9.98. The second-order valence-electron chi connectivity index (χ2n) is 6.30. The van der Waals surface area contributed by atoms with E-state index < -0.39 is 23.9 Å². The highest BCUT2D eigenvalue weighted by Crippen LogP contribution is 2.29. The number of hydrogen-bond acceptors (Lipinski definition) is 5. The minimum atomic E-state index is -1.04. The van der Waals surface area contributed by atoms with Crippen molar-refractivity contribution in [2.75, 3.05) is 36.5 Å². The van der Waals surface area contributed by atoms with Crippen molar-refractivity contribution in [3.63, 3.8) is 0 Å². The average Bonchev–Trinajstić information content (AvgIpc) is 3.04. The summed E-state index contributed by atoms with van der Waals surface area (Å²) in [5, 5.41) is 0. The normalized spacial score (nSPS) is 19.7. The molecule has 27 heavy (non-hydrogen) atoms. The predicted molar refractivity (Wildman–Crippen MR) is 101 cm³/mol. The van der Waals surface area contributed by atoms with Gasteiger partial charge in [-0.2, -0.15) is 11.8 Å². The van der Waals surface area contributed by atoms with Crippen molar-refractivity contribution in [1.29, 1.82) is 0 Å². The van der Waals surface area contributed by atoms with Crippen LogP contribution in [-0.4, -0.2) is 60.6 Å². The maximum Gasteiger partial charge on any atom is 0.415 e. The number of benzene rings is 1. The van der Waals surface area contributed by atoms with Gasteiger partial charge in [0.05, 0.1) is 18.0 Å². The van der Waals surface area contributed by atoms with E-state index in [0.717, 1.165) is 5.57 Å². The molecule has 2 aliphatic heterocycles. The number of carbonyl (C=O) groups excluding carboxylic acids is 3. The number of rotatable bonds is 5. The van der Waals surface area contributed by atoms with Gasteiger partial charge in [-0.1, -0.05) is 6.08 Å². The largest absolute Gasteiger partial charge is 0.434 e. The standard InChI is InChI=1S/C18H20FN3O4S/c1-27-10-16(23)21-6-4-11(5-7-21)13-3-2-12(8-14(13)19)22-9-15(17(20)24)26-18(22)25/h2-4,8,15H,5-7,9-10H2,1H3,(H2,20,24)/t15-/m1/s1. The third-order valence-electron chi connectivity index (χ3n) is 4.57. The number of nitrogens with zero attached hydrogens (tertiary/aromatic N) is 2. The van der Waals surface area contributed by atoms with Crippen LogP contribution in [0.15, 0.2) is 24.3 Å². The van der Waals surface area contributed by atoms with Crippen molar-refractivity contribution in [3.8, 4) is 0 Å². The van der Waals surface area contributed by atoms with Gasteiger partial charge in [0.15, 0.2) is 6.10 Å². The summed E-state index contributed by atoms with van der Waals surface area (Å²) in [7, 11) is 0. The second kappa shape index (κ2) is 7.99. The summed E-state index contributed by atoms with van der Waals surface area (Å²) in [6.07, 6.45) is 2.53. The molecule has 0 aliphatic carbocycles. The third kappa shape index (κ3) is 4.08. The fourth-order valence-corrected chi connectivity index (χ4v) is 3.54. The van der Waals surface area contributed by atoms with Gasteiger partial charge in [0.25, 0.3) is 5.91 Å². The maximum absolute atomic E-state index is 14.7. The third-order valence-corrected chi connectivity index (χ3v) is 5.10. The highest BCUT2D eigenvalue weighted by Gasteiger charge is 2.36. The first kappa shape index (κ1) is 19.2. The Bertz CT molecular complexity index is 814. The molecule has 1 saturated heterocycles. The van der Waals surface area contributed by atoms with E-state index in [-0.39, 0.29) is 12.5 Å². The van der Waals surface area contributed by atoms with Crippen LogP contribution < -0.4 is 10.6 Å². The predicted octanol–water partition coefficient (Wildman–Crippen LogP) is 1.61. The van der Waals surface area contributed by atoms with Crippen molar-refractivity contribution in [1.82, 2.24) is 4.90 Å². The molecule has 1 aromatic rings. The van der Waals surface area contributed by atoms with E-state index >= 15 is 0 Å². The zero-order valence-corrected chi connectivity index (χ0v) is 15.6. The molecule has 7 nitrogen and oxygen atoms in total. The molecule has 3 amide bonds. The van der Waals surface area contributed by atoms with Gasteiger partial charge < -0.3 is 15.4 Å². The Balaban J connectivity index is 1.73. The molecule has 0 radical (unpaired) electrons. The van der Waals surface area contributed by atoms with E-state index in [1.165, 1.54) is 22.7 Å². The number of hydrogen-bond donors (Lipinski definition) is 1. The minimum Gasteiger partial charge on any atom is -0.434 e. The SMILES string of the molecule is CSCC(=O)N1CC=C(c2ccc(N3C[C@H](C(N)=O)OC3=O)cc2F)CC1. The van der Waals surface area contributed by atoms with Crippen LogP contribution in [0, 0.1) is 5.82 Å². The Morgan fingerprint density at radius 1 is 1.41 bits per heavy atom. The van der Waals surface area contributed by atoms with Gasteiger partial charge in [0, 0.05) is 18.7 Å². The summed E-state index contributed by atoms with van der Waals surface area (Å²) in [5.74, 6) is -0.705. The lowest BCUT2D eigenvalue weighted by molar-refractivity contribution is -0.128. The minimum absolute atomic E-state index is 0.0395. The molecule has 1 aromatic carbocycles. The number of ether oxygens (including phenoxy) is 1. The van der Waals surface area contributed by atoms with Gasteiger partial charge >= 0.3 is 6.09 Å². The Morgan fingerprint density at radius 2 is 2.19 bits per heavy atom. The van der Waals surface area contributed by atoms with Crippen LogP contribution in [0.3, 0.4) is 0 Å². The number of primary amides is 1. The summed E-state index contributed by atoms with van der Waals surface area (Å²) < 4.78 is 19.5. The van der Waals surface area contributed by atoms with Crippen LogP contribution in [-0.2, 0) is 14.3 Å². The zero-order chi connectivity index (χ0) is 19.6. The van der Waals surface area contributed by atoms with Gasteiger partial charge in [-0.15, -0.1) is 0 Å². The van der Waals surface area contributed by atoms with Crippen molar-refractivity contribution >= 4 is 40.9 Å². The molecule has 144 valence electrons. The lowest BCUT2D eigenvalue weighted by Crippen LogP contribution is -2.35. The van der Waals surface area contributed by atoms with E-state index in [2.05, 4.69) is 0 Å². The summed E-state index contributed by atoms with van der Waals surface area (Å²) >= 11 is 1.48. The van der Waals surface area contributed by atoms with Gasteiger partial charge in [0.1, 0.15) is 5.82 Å². The molecule has 0 aromatic heterocycles. The Hall–Kier alpha value is -2.55. The van der Waals surface area contributed by atoms with Crippen LogP contribution in [0.2, 0.25) is 0 Å². The molecule has 0 unspecified atom stereocenters. The monoisotopic (exact) mass is 393 g/mol. The van der Waals surface area contributed by atoms with E-state index in [1.54, 1.807) is 17.0 Å². The highest BCUT2D eigenvalue weighted by atomic mass is 32.2. The van der Waals surface area contributed by atoms with Gasteiger partial charge in [0.2, 0.25) is 5.91 Å². The highest BCUT2D eigenvalue weighted by molar-refractivity contribution is 7.99. The second-order valence-corrected chi connectivity index (χ2v) is 7.17. The first-order valence-electron chi connectivity index (χ1n) is 8.44. The lowest BCUT2D eigenvalue weighted by Gasteiger charge is -2.27. The molecular weight excluding hydrogens is 373 g/mol. The summed E-state index contributed by atoms with van der Waals surface area (Å²) in [6.45, 7) is 0.960. The van der Waals surface area contributed by atoms with Crippen molar-refractivity contribution < 1.29 is 23.5 Å². The number of nitrogens with two attached hydrogens (primary N) is 1. The number of cyclic esters (lactones) is 1. The van der Waals surface area contributed by atoms with Crippen LogP contribution in [0.1, 0.15) is 12.0 Å². The molecule has 2 heterocycles. The molecule has 1 fully saturated rings. The van der Waals surface area contributed by atoms with E-state index in [4.69, 9.17) is 10.5 Å². The molecule has 0 bridgehead atoms. The smallest absolute Gasteiger partial charge is 0.415 e.